The highest BCUT2D eigenvalue weighted by Crippen LogP contribution is 2.19. The third kappa shape index (κ3) is 3.44. The lowest BCUT2D eigenvalue weighted by Crippen LogP contribution is -2.29. The summed E-state index contributed by atoms with van der Waals surface area (Å²) >= 11 is 0. The van der Waals surface area contributed by atoms with E-state index in [1.165, 1.54) is 19.3 Å². The van der Waals surface area contributed by atoms with Crippen molar-refractivity contribution in [2.24, 2.45) is 0 Å². The van der Waals surface area contributed by atoms with Gasteiger partial charge in [-0.2, -0.15) is 0 Å². The Morgan fingerprint density at radius 1 is 1.23 bits per heavy atom. The normalized spacial score (nSPS) is 14.9. The van der Waals surface area contributed by atoms with Crippen molar-refractivity contribution in [3.05, 3.63) is 36.5 Å². The van der Waals surface area contributed by atoms with Gasteiger partial charge in [-0.1, -0.05) is 0 Å². The molecule has 6 heteroatoms. The van der Waals surface area contributed by atoms with Crippen molar-refractivity contribution in [2.45, 2.75) is 32.7 Å². The van der Waals surface area contributed by atoms with E-state index in [1.54, 1.807) is 17.0 Å². The fraction of sp³-hybridized carbons (Fsp3) is 0.438. The maximum Gasteiger partial charge on any atom is 0.245 e. The van der Waals surface area contributed by atoms with Crippen LogP contribution in [0.25, 0.3) is 0 Å². The number of nitrogens with zero attached hydrogens (tertiary/aromatic N) is 4. The van der Waals surface area contributed by atoms with Gasteiger partial charge in [0.2, 0.25) is 5.91 Å². The smallest absolute Gasteiger partial charge is 0.245 e. The zero-order valence-electron chi connectivity index (χ0n) is 12.8. The highest BCUT2D eigenvalue weighted by molar-refractivity contribution is 5.89. The predicted molar refractivity (Wildman–Crippen MR) is 85.9 cm³/mol. The molecule has 0 aliphatic carbocycles. The molecule has 0 bridgehead atoms. The third-order valence-corrected chi connectivity index (χ3v) is 3.97. The van der Waals surface area contributed by atoms with Gasteiger partial charge < -0.3 is 14.8 Å². The van der Waals surface area contributed by atoms with Crippen LogP contribution in [-0.4, -0.2) is 33.5 Å². The van der Waals surface area contributed by atoms with Gasteiger partial charge >= 0.3 is 0 Å². The van der Waals surface area contributed by atoms with Crippen LogP contribution in [0, 0.1) is 6.92 Å². The number of rotatable bonds is 4. The molecule has 0 saturated carbocycles. The Balaban J connectivity index is 1.58. The van der Waals surface area contributed by atoms with Crippen LogP contribution in [0.3, 0.4) is 0 Å². The second-order valence-corrected chi connectivity index (χ2v) is 5.60. The molecule has 0 aromatic carbocycles. The minimum atomic E-state index is -0.0978. The van der Waals surface area contributed by atoms with E-state index >= 15 is 0 Å². The van der Waals surface area contributed by atoms with Crippen molar-refractivity contribution in [1.82, 2.24) is 14.5 Å². The molecular formula is C16H21N5O. The number of amides is 1. The third-order valence-electron chi connectivity index (χ3n) is 3.97. The zero-order valence-corrected chi connectivity index (χ0v) is 12.8. The largest absolute Gasteiger partial charge is 0.370 e. The number of carbonyl (C=O) groups excluding carboxylic acids is 1. The topological polar surface area (TPSA) is 63.1 Å². The van der Waals surface area contributed by atoms with E-state index in [9.17, 15) is 4.79 Å². The average Bonchev–Trinajstić information content (AvgIpc) is 2.94. The summed E-state index contributed by atoms with van der Waals surface area (Å²) in [7, 11) is 0. The maximum atomic E-state index is 12.0. The van der Waals surface area contributed by atoms with Crippen molar-refractivity contribution in [3.8, 4) is 0 Å². The number of aryl methyl sites for hydroxylation is 1. The van der Waals surface area contributed by atoms with Crippen LogP contribution in [-0.2, 0) is 11.3 Å². The van der Waals surface area contributed by atoms with Crippen LogP contribution in [0.5, 0.6) is 0 Å². The van der Waals surface area contributed by atoms with Gasteiger partial charge in [0.15, 0.2) is 0 Å². The fourth-order valence-corrected chi connectivity index (χ4v) is 2.71. The molecule has 1 fully saturated rings. The van der Waals surface area contributed by atoms with E-state index in [1.807, 2.05) is 25.3 Å². The van der Waals surface area contributed by atoms with Gasteiger partial charge in [-0.15, -0.1) is 0 Å². The first-order valence-electron chi connectivity index (χ1n) is 7.71. The summed E-state index contributed by atoms with van der Waals surface area (Å²) in [5.41, 5.74) is 1.13. The minimum absolute atomic E-state index is 0.0978. The zero-order chi connectivity index (χ0) is 15.4. The summed E-state index contributed by atoms with van der Waals surface area (Å²) in [6, 6.07) is 3.89. The molecule has 2 aromatic heterocycles. The second kappa shape index (κ2) is 6.60. The monoisotopic (exact) mass is 299 g/mol. The maximum absolute atomic E-state index is 12.0. The minimum Gasteiger partial charge on any atom is -0.370 e. The Kier molecular flexibility index (Phi) is 4.37. The van der Waals surface area contributed by atoms with Gasteiger partial charge in [-0.3, -0.25) is 4.79 Å². The summed E-state index contributed by atoms with van der Waals surface area (Å²) in [6.07, 6.45) is 9.11. The van der Waals surface area contributed by atoms with E-state index in [0.29, 0.717) is 5.82 Å². The number of pyridine rings is 1. The second-order valence-electron chi connectivity index (χ2n) is 5.60. The first-order valence-corrected chi connectivity index (χ1v) is 7.71. The van der Waals surface area contributed by atoms with Crippen LogP contribution < -0.4 is 10.2 Å². The van der Waals surface area contributed by atoms with E-state index < -0.39 is 0 Å². The van der Waals surface area contributed by atoms with Gasteiger partial charge in [0.1, 0.15) is 18.2 Å². The Bertz CT molecular complexity index is 628. The fourth-order valence-electron chi connectivity index (χ4n) is 2.71. The molecular weight excluding hydrogens is 278 g/mol. The summed E-state index contributed by atoms with van der Waals surface area (Å²) in [4.78, 5) is 22.8. The van der Waals surface area contributed by atoms with Crippen molar-refractivity contribution in [2.75, 3.05) is 23.3 Å². The summed E-state index contributed by atoms with van der Waals surface area (Å²) in [5, 5.41) is 2.82. The predicted octanol–water partition coefficient (Wildman–Crippen LogP) is 2.22. The molecule has 1 aliphatic heterocycles. The lowest BCUT2D eigenvalue weighted by molar-refractivity contribution is -0.116. The number of carbonyl (C=O) groups is 1. The van der Waals surface area contributed by atoms with Crippen LogP contribution in [0.15, 0.2) is 30.7 Å². The molecule has 1 aliphatic rings. The summed E-state index contributed by atoms with van der Waals surface area (Å²) in [5.74, 6) is 1.31. The van der Waals surface area contributed by atoms with Gasteiger partial charge in [0.05, 0.1) is 11.9 Å². The van der Waals surface area contributed by atoms with Crippen LogP contribution in [0.1, 0.15) is 25.1 Å². The van der Waals surface area contributed by atoms with E-state index in [4.69, 9.17) is 0 Å². The van der Waals surface area contributed by atoms with Crippen LogP contribution in [0.2, 0.25) is 0 Å². The molecule has 0 radical (unpaired) electrons. The molecule has 3 rings (SSSR count). The van der Waals surface area contributed by atoms with E-state index in [-0.39, 0.29) is 12.5 Å². The first kappa shape index (κ1) is 14.6. The molecule has 1 N–H and O–H groups in total. The van der Waals surface area contributed by atoms with E-state index in [2.05, 4.69) is 20.2 Å². The SMILES string of the molecule is Cc1nccn1CC(=O)Nc1ccc(N2CCCCC2)cn1. The van der Waals surface area contributed by atoms with Crippen LogP contribution >= 0.6 is 0 Å². The number of imidazole rings is 1. The first-order chi connectivity index (χ1) is 10.7. The van der Waals surface area contributed by atoms with Crippen molar-refractivity contribution in [1.29, 1.82) is 0 Å². The molecule has 22 heavy (non-hydrogen) atoms. The number of nitrogens with one attached hydrogen (secondary N) is 1. The summed E-state index contributed by atoms with van der Waals surface area (Å²) in [6.45, 7) is 4.31. The molecule has 0 spiro atoms. The molecule has 1 saturated heterocycles. The molecule has 1 amide bonds. The summed E-state index contributed by atoms with van der Waals surface area (Å²) < 4.78 is 1.80. The molecule has 6 nitrogen and oxygen atoms in total. The Morgan fingerprint density at radius 2 is 2.05 bits per heavy atom. The quantitative estimate of drug-likeness (QED) is 0.940. The molecule has 116 valence electrons. The average molecular weight is 299 g/mol. The number of piperidine rings is 1. The van der Waals surface area contributed by atoms with Gasteiger partial charge in [0.25, 0.3) is 0 Å². The standard InChI is InChI=1S/C16H21N5O/c1-13-17-7-10-21(13)12-16(22)19-15-6-5-14(11-18-15)20-8-3-2-4-9-20/h5-7,10-11H,2-4,8-9,12H2,1H3,(H,18,19,22). The number of hydrogen-bond donors (Lipinski definition) is 1. The van der Waals surface area contributed by atoms with Gasteiger partial charge in [-0.25, -0.2) is 9.97 Å². The van der Waals surface area contributed by atoms with Crippen molar-refractivity contribution >= 4 is 17.4 Å². The van der Waals surface area contributed by atoms with Gasteiger partial charge in [0, 0.05) is 25.5 Å². The number of hydrogen-bond acceptors (Lipinski definition) is 4. The lowest BCUT2D eigenvalue weighted by Gasteiger charge is -2.28. The molecule has 2 aromatic rings. The molecule has 3 heterocycles. The Hall–Kier alpha value is -2.37. The lowest BCUT2D eigenvalue weighted by atomic mass is 10.1. The highest BCUT2D eigenvalue weighted by Gasteiger charge is 2.11. The molecule has 0 unspecified atom stereocenters. The van der Waals surface area contributed by atoms with Crippen molar-refractivity contribution < 1.29 is 4.79 Å². The number of aromatic nitrogens is 3. The number of anilines is 2. The molecule has 0 atom stereocenters. The van der Waals surface area contributed by atoms with E-state index in [0.717, 1.165) is 24.6 Å². The Labute approximate surface area is 130 Å². The van der Waals surface area contributed by atoms with Gasteiger partial charge in [-0.05, 0) is 38.3 Å². The Morgan fingerprint density at radius 3 is 2.68 bits per heavy atom. The van der Waals surface area contributed by atoms with Crippen molar-refractivity contribution in [3.63, 3.8) is 0 Å². The highest BCUT2D eigenvalue weighted by atomic mass is 16.2. The van der Waals surface area contributed by atoms with Crippen LogP contribution in [0.4, 0.5) is 11.5 Å².